The third-order valence-electron chi connectivity index (χ3n) is 2.91. The maximum atomic E-state index is 12.7. The minimum Gasteiger partial charge on any atom is -0.493 e. The van der Waals surface area contributed by atoms with E-state index in [1.807, 2.05) is 23.1 Å². The van der Waals surface area contributed by atoms with Gasteiger partial charge in [-0.25, -0.2) is 0 Å². The Balaban J connectivity index is 3.01. The van der Waals surface area contributed by atoms with Crippen molar-refractivity contribution in [1.82, 2.24) is 4.90 Å². The Morgan fingerprint density at radius 1 is 1.15 bits per heavy atom. The second-order valence-corrected chi connectivity index (χ2v) is 5.70. The van der Waals surface area contributed by atoms with Gasteiger partial charge in [0.15, 0.2) is 0 Å². The zero-order valence-electron chi connectivity index (χ0n) is 12.6. The Morgan fingerprint density at radius 2 is 1.80 bits per heavy atom. The van der Waals surface area contributed by atoms with Gasteiger partial charge in [0.1, 0.15) is 5.75 Å². The quantitative estimate of drug-likeness (QED) is 0.696. The zero-order valence-corrected chi connectivity index (χ0v) is 14.2. The molecule has 0 aromatic heterocycles. The first-order valence-corrected chi connectivity index (χ1v) is 8.14. The van der Waals surface area contributed by atoms with Crippen LogP contribution in [0.3, 0.4) is 0 Å². The molecule has 0 aliphatic heterocycles. The number of nitrogens with zero attached hydrogens (tertiary/aromatic N) is 1. The van der Waals surface area contributed by atoms with E-state index < -0.39 is 0 Å². The molecule has 0 radical (unpaired) electrons. The highest BCUT2D eigenvalue weighted by Crippen LogP contribution is 2.25. The van der Waals surface area contributed by atoms with Crippen LogP contribution in [-0.4, -0.2) is 30.5 Å². The van der Waals surface area contributed by atoms with Gasteiger partial charge in [-0.2, -0.15) is 0 Å². The number of benzene rings is 1. The van der Waals surface area contributed by atoms with Crippen LogP contribution in [0.25, 0.3) is 0 Å². The van der Waals surface area contributed by atoms with Gasteiger partial charge >= 0.3 is 0 Å². The van der Waals surface area contributed by atoms with Crippen LogP contribution in [0, 0.1) is 0 Å². The largest absolute Gasteiger partial charge is 0.493 e. The highest BCUT2D eigenvalue weighted by atomic mass is 79.9. The normalized spacial score (nSPS) is 10.4. The summed E-state index contributed by atoms with van der Waals surface area (Å²) >= 11 is 3.43. The molecule has 20 heavy (non-hydrogen) atoms. The van der Waals surface area contributed by atoms with Crippen LogP contribution in [0.2, 0.25) is 0 Å². The number of rotatable bonds is 8. The predicted octanol–water partition coefficient (Wildman–Crippen LogP) is 4.50. The first-order valence-electron chi connectivity index (χ1n) is 7.35. The van der Waals surface area contributed by atoms with Crippen molar-refractivity contribution in [2.24, 2.45) is 0 Å². The van der Waals surface area contributed by atoms with E-state index in [0.717, 1.165) is 36.8 Å². The van der Waals surface area contributed by atoms with Crippen LogP contribution in [-0.2, 0) is 0 Å². The summed E-state index contributed by atoms with van der Waals surface area (Å²) in [6, 6.07) is 5.63. The predicted molar refractivity (Wildman–Crippen MR) is 86.4 cm³/mol. The molecule has 0 saturated heterocycles. The smallest absolute Gasteiger partial charge is 0.257 e. The molecule has 0 heterocycles. The highest BCUT2D eigenvalue weighted by Gasteiger charge is 2.19. The van der Waals surface area contributed by atoms with E-state index in [4.69, 9.17) is 4.74 Å². The summed E-state index contributed by atoms with van der Waals surface area (Å²) < 4.78 is 6.60. The topological polar surface area (TPSA) is 29.5 Å². The summed E-state index contributed by atoms with van der Waals surface area (Å²) in [5, 5.41) is 0. The lowest BCUT2D eigenvalue weighted by molar-refractivity contribution is 0.0751. The van der Waals surface area contributed by atoms with Gasteiger partial charge in [-0.15, -0.1) is 0 Å². The van der Waals surface area contributed by atoms with Crippen molar-refractivity contribution in [3.8, 4) is 5.75 Å². The number of amides is 1. The van der Waals surface area contributed by atoms with Crippen LogP contribution in [0.5, 0.6) is 5.75 Å². The standard InChI is InChI=1S/C16H24BrNO2/c1-4-9-18(10-5-2)16(19)14-12-13(17)7-8-15(14)20-11-6-3/h7-8,12H,4-6,9-11H2,1-3H3. The fraction of sp³-hybridized carbons (Fsp3) is 0.562. The van der Waals surface area contributed by atoms with Gasteiger partial charge in [-0.05, 0) is 37.5 Å². The molecule has 1 rings (SSSR count). The highest BCUT2D eigenvalue weighted by molar-refractivity contribution is 9.10. The Hall–Kier alpha value is -1.03. The van der Waals surface area contributed by atoms with E-state index >= 15 is 0 Å². The fourth-order valence-electron chi connectivity index (χ4n) is 2.03. The summed E-state index contributed by atoms with van der Waals surface area (Å²) in [4.78, 5) is 14.6. The Kier molecular flexibility index (Phi) is 7.67. The Labute approximate surface area is 130 Å². The molecular formula is C16H24BrNO2. The van der Waals surface area contributed by atoms with Crippen molar-refractivity contribution < 1.29 is 9.53 Å². The lowest BCUT2D eigenvalue weighted by Gasteiger charge is -2.23. The maximum absolute atomic E-state index is 12.7. The maximum Gasteiger partial charge on any atom is 0.257 e. The molecule has 1 amide bonds. The van der Waals surface area contributed by atoms with E-state index in [0.29, 0.717) is 17.9 Å². The summed E-state index contributed by atoms with van der Waals surface area (Å²) in [6.45, 7) is 8.43. The van der Waals surface area contributed by atoms with Crippen molar-refractivity contribution in [2.75, 3.05) is 19.7 Å². The van der Waals surface area contributed by atoms with Crippen molar-refractivity contribution in [1.29, 1.82) is 0 Å². The third-order valence-corrected chi connectivity index (χ3v) is 3.40. The molecule has 0 atom stereocenters. The minimum absolute atomic E-state index is 0.0566. The molecule has 0 aliphatic carbocycles. The monoisotopic (exact) mass is 341 g/mol. The minimum atomic E-state index is 0.0566. The van der Waals surface area contributed by atoms with Crippen molar-refractivity contribution in [2.45, 2.75) is 40.0 Å². The number of carbonyl (C=O) groups is 1. The van der Waals surface area contributed by atoms with E-state index in [1.165, 1.54) is 0 Å². The number of hydrogen-bond acceptors (Lipinski definition) is 2. The lowest BCUT2D eigenvalue weighted by atomic mass is 10.1. The summed E-state index contributed by atoms with van der Waals surface area (Å²) in [5.41, 5.74) is 0.648. The molecule has 0 bridgehead atoms. The second-order valence-electron chi connectivity index (χ2n) is 4.78. The van der Waals surface area contributed by atoms with Crippen molar-refractivity contribution in [3.63, 3.8) is 0 Å². The van der Waals surface area contributed by atoms with Gasteiger partial charge in [0, 0.05) is 17.6 Å². The summed E-state index contributed by atoms with van der Waals surface area (Å²) in [6.07, 6.45) is 2.85. The van der Waals surface area contributed by atoms with E-state index in [-0.39, 0.29) is 5.91 Å². The number of halogens is 1. The number of carbonyl (C=O) groups excluding carboxylic acids is 1. The van der Waals surface area contributed by atoms with Crippen LogP contribution in [0.4, 0.5) is 0 Å². The molecule has 3 nitrogen and oxygen atoms in total. The number of hydrogen-bond donors (Lipinski definition) is 0. The van der Waals surface area contributed by atoms with Gasteiger partial charge in [0.2, 0.25) is 0 Å². The Bertz CT molecular complexity index is 428. The average Bonchev–Trinajstić information content (AvgIpc) is 2.45. The van der Waals surface area contributed by atoms with Gasteiger partial charge in [0.25, 0.3) is 5.91 Å². The first-order chi connectivity index (χ1) is 9.63. The van der Waals surface area contributed by atoms with Crippen LogP contribution in [0.15, 0.2) is 22.7 Å². The average molecular weight is 342 g/mol. The molecule has 1 aromatic carbocycles. The molecule has 0 unspecified atom stereocenters. The van der Waals surface area contributed by atoms with Crippen molar-refractivity contribution in [3.05, 3.63) is 28.2 Å². The third kappa shape index (κ3) is 4.82. The molecular weight excluding hydrogens is 318 g/mol. The number of ether oxygens (including phenoxy) is 1. The second kappa shape index (κ2) is 9.01. The van der Waals surface area contributed by atoms with Crippen LogP contribution in [0.1, 0.15) is 50.4 Å². The molecule has 0 spiro atoms. The molecule has 4 heteroatoms. The SMILES string of the molecule is CCCOc1ccc(Br)cc1C(=O)N(CCC)CCC. The van der Waals surface area contributed by atoms with Crippen molar-refractivity contribution >= 4 is 21.8 Å². The molecule has 1 aromatic rings. The molecule has 0 N–H and O–H groups in total. The molecule has 112 valence electrons. The molecule has 0 fully saturated rings. The zero-order chi connectivity index (χ0) is 15.0. The summed E-state index contributed by atoms with van der Waals surface area (Å²) in [7, 11) is 0. The molecule has 0 aliphatic rings. The van der Waals surface area contributed by atoms with E-state index in [9.17, 15) is 4.79 Å². The van der Waals surface area contributed by atoms with E-state index in [2.05, 4.69) is 36.7 Å². The molecule has 0 saturated carbocycles. The first kappa shape index (κ1) is 17.0. The van der Waals surface area contributed by atoms with Crippen LogP contribution < -0.4 is 4.74 Å². The lowest BCUT2D eigenvalue weighted by Crippen LogP contribution is -2.32. The Morgan fingerprint density at radius 3 is 2.35 bits per heavy atom. The van der Waals surface area contributed by atoms with E-state index in [1.54, 1.807) is 0 Å². The fourth-order valence-corrected chi connectivity index (χ4v) is 2.39. The van der Waals surface area contributed by atoms with Crippen LogP contribution >= 0.6 is 15.9 Å². The van der Waals surface area contributed by atoms with Gasteiger partial charge in [-0.3, -0.25) is 4.79 Å². The van der Waals surface area contributed by atoms with Gasteiger partial charge in [0.05, 0.1) is 12.2 Å². The van der Waals surface area contributed by atoms with Gasteiger partial charge in [-0.1, -0.05) is 36.7 Å². The van der Waals surface area contributed by atoms with Gasteiger partial charge < -0.3 is 9.64 Å². The summed E-state index contributed by atoms with van der Waals surface area (Å²) in [5.74, 6) is 0.735.